The number of carbonyl (C=O) groups is 2. The lowest BCUT2D eigenvalue weighted by Gasteiger charge is -2.33. The van der Waals surface area contributed by atoms with Crippen LogP contribution in [0.1, 0.15) is 18.9 Å². The Morgan fingerprint density at radius 3 is 2.21 bits per heavy atom. The molecule has 1 N–H and O–H groups in total. The van der Waals surface area contributed by atoms with Crippen molar-refractivity contribution in [1.82, 2.24) is 14.5 Å². The Balaban J connectivity index is 2.50. The van der Waals surface area contributed by atoms with Gasteiger partial charge < -0.3 is 10.2 Å². The zero-order valence-corrected chi connectivity index (χ0v) is 20.5. The van der Waals surface area contributed by atoms with E-state index in [2.05, 4.69) is 5.32 Å². The first-order valence-corrected chi connectivity index (χ1v) is 12.0. The van der Waals surface area contributed by atoms with Gasteiger partial charge in [-0.2, -0.15) is 12.7 Å². The van der Waals surface area contributed by atoms with Crippen LogP contribution in [-0.4, -0.2) is 63.2 Å². The summed E-state index contributed by atoms with van der Waals surface area (Å²) in [6, 6.07) is 11.2. The van der Waals surface area contributed by atoms with Crippen LogP contribution in [0.2, 0.25) is 5.02 Å². The molecule has 33 heavy (non-hydrogen) atoms. The number of amides is 2. The van der Waals surface area contributed by atoms with Gasteiger partial charge in [0.2, 0.25) is 11.8 Å². The normalized spacial score (nSPS) is 12.3. The minimum absolute atomic E-state index is 0.0368. The first-order chi connectivity index (χ1) is 15.5. The van der Waals surface area contributed by atoms with Crippen molar-refractivity contribution in [3.8, 4) is 0 Å². The second-order valence-electron chi connectivity index (χ2n) is 7.43. The predicted octanol–water partition coefficient (Wildman–Crippen LogP) is 2.65. The smallest absolute Gasteiger partial charge is 0.304 e. The monoisotopic (exact) mass is 498 g/mol. The molecule has 0 bridgehead atoms. The van der Waals surface area contributed by atoms with Crippen molar-refractivity contribution in [1.29, 1.82) is 0 Å². The number of halogens is 2. The zero-order chi connectivity index (χ0) is 24.8. The number of anilines is 1. The molecule has 2 rings (SSSR count). The fourth-order valence-electron chi connectivity index (χ4n) is 3.23. The summed E-state index contributed by atoms with van der Waals surface area (Å²) < 4.78 is 42.1. The fourth-order valence-corrected chi connectivity index (χ4v) is 4.42. The highest BCUT2D eigenvalue weighted by Gasteiger charge is 2.34. The highest BCUT2D eigenvalue weighted by atomic mass is 35.5. The van der Waals surface area contributed by atoms with Gasteiger partial charge in [0.05, 0.1) is 5.69 Å². The molecule has 0 saturated heterocycles. The highest BCUT2D eigenvalue weighted by molar-refractivity contribution is 7.90. The van der Waals surface area contributed by atoms with Crippen LogP contribution in [0.25, 0.3) is 0 Å². The quantitative estimate of drug-likeness (QED) is 0.545. The molecule has 2 amide bonds. The number of carbonyl (C=O) groups excluding carboxylic acids is 2. The van der Waals surface area contributed by atoms with E-state index in [-0.39, 0.29) is 12.2 Å². The van der Waals surface area contributed by atoms with Gasteiger partial charge in [0.15, 0.2) is 0 Å². The SMILES string of the molecule is CCC(C(=O)NC)N(Cc1ccc(Cl)cc1)C(=O)CN(c1ccccc1F)S(=O)(=O)N(C)C. The zero-order valence-electron chi connectivity index (χ0n) is 19.0. The van der Waals surface area contributed by atoms with Crippen molar-refractivity contribution in [2.45, 2.75) is 25.9 Å². The van der Waals surface area contributed by atoms with Gasteiger partial charge in [-0.15, -0.1) is 0 Å². The third kappa shape index (κ3) is 6.43. The van der Waals surface area contributed by atoms with Gasteiger partial charge in [-0.1, -0.05) is 42.8 Å². The number of para-hydroxylation sites is 1. The van der Waals surface area contributed by atoms with Crippen LogP contribution < -0.4 is 9.62 Å². The first-order valence-electron chi connectivity index (χ1n) is 10.2. The molecule has 0 aromatic heterocycles. The molecule has 1 atom stereocenters. The van der Waals surface area contributed by atoms with Crippen molar-refractivity contribution in [3.05, 3.63) is 64.9 Å². The highest BCUT2D eigenvalue weighted by Crippen LogP contribution is 2.24. The molecule has 0 aliphatic heterocycles. The molecule has 1 unspecified atom stereocenters. The predicted molar refractivity (Wildman–Crippen MR) is 127 cm³/mol. The summed E-state index contributed by atoms with van der Waals surface area (Å²) in [5.74, 6) is -1.85. The maximum Gasteiger partial charge on any atom is 0.304 e. The van der Waals surface area contributed by atoms with Crippen molar-refractivity contribution < 1.29 is 22.4 Å². The average Bonchev–Trinajstić information content (AvgIpc) is 2.78. The van der Waals surface area contributed by atoms with E-state index in [0.717, 1.165) is 10.4 Å². The summed E-state index contributed by atoms with van der Waals surface area (Å²) in [6.07, 6.45) is 0.291. The molecule has 0 aliphatic rings. The molecule has 0 fully saturated rings. The van der Waals surface area contributed by atoms with Gasteiger partial charge in [-0.05, 0) is 36.2 Å². The van der Waals surface area contributed by atoms with Gasteiger partial charge in [0, 0.05) is 32.7 Å². The minimum atomic E-state index is -4.22. The lowest BCUT2D eigenvalue weighted by molar-refractivity contribution is -0.140. The topological polar surface area (TPSA) is 90.0 Å². The second kappa shape index (κ2) is 11.4. The molecule has 0 spiro atoms. The Kier molecular flexibility index (Phi) is 9.21. The van der Waals surface area contributed by atoms with Crippen molar-refractivity contribution in [2.75, 3.05) is 32.0 Å². The van der Waals surface area contributed by atoms with E-state index in [1.165, 1.54) is 44.2 Å². The van der Waals surface area contributed by atoms with Crippen LogP contribution in [0.3, 0.4) is 0 Å². The molecule has 2 aromatic carbocycles. The number of nitrogens with one attached hydrogen (secondary N) is 1. The van der Waals surface area contributed by atoms with Gasteiger partial charge >= 0.3 is 10.2 Å². The van der Waals surface area contributed by atoms with Crippen LogP contribution in [0, 0.1) is 5.82 Å². The van der Waals surface area contributed by atoms with E-state index in [0.29, 0.717) is 21.3 Å². The van der Waals surface area contributed by atoms with Gasteiger partial charge in [0.1, 0.15) is 18.4 Å². The third-order valence-corrected chi connectivity index (χ3v) is 7.10. The van der Waals surface area contributed by atoms with E-state index in [1.54, 1.807) is 31.2 Å². The van der Waals surface area contributed by atoms with E-state index in [4.69, 9.17) is 11.6 Å². The van der Waals surface area contributed by atoms with E-state index in [9.17, 15) is 22.4 Å². The van der Waals surface area contributed by atoms with Crippen LogP contribution in [0.5, 0.6) is 0 Å². The van der Waals surface area contributed by atoms with Crippen LogP contribution in [-0.2, 0) is 26.3 Å². The molecule has 0 heterocycles. The molecule has 0 aliphatic carbocycles. The fraction of sp³-hybridized carbons (Fsp3) is 0.364. The number of likely N-dealkylation sites (N-methyl/N-ethyl adjacent to an activating group) is 1. The largest absolute Gasteiger partial charge is 0.357 e. The Hall–Kier alpha value is -2.69. The molecule has 180 valence electrons. The van der Waals surface area contributed by atoms with Gasteiger partial charge in [-0.3, -0.25) is 9.59 Å². The Bertz CT molecular complexity index is 1080. The molecule has 0 saturated carbocycles. The minimum Gasteiger partial charge on any atom is -0.357 e. The maximum atomic E-state index is 14.6. The van der Waals surface area contributed by atoms with Crippen molar-refractivity contribution >= 4 is 39.3 Å². The van der Waals surface area contributed by atoms with Crippen molar-refractivity contribution in [2.24, 2.45) is 0 Å². The molecule has 11 heteroatoms. The molecule has 0 radical (unpaired) electrons. The van der Waals surface area contributed by atoms with Crippen LogP contribution >= 0.6 is 11.6 Å². The molecular weight excluding hydrogens is 471 g/mol. The summed E-state index contributed by atoms with van der Waals surface area (Å²) in [6.45, 7) is 1.09. The summed E-state index contributed by atoms with van der Waals surface area (Å²) in [4.78, 5) is 27.3. The third-order valence-electron chi connectivity index (χ3n) is 5.04. The second-order valence-corrected chi connectivity index (χ2v) is 9.94. The summed E-state index contributed by atoms with van der Waals surface area (Å²) in [5, 5.41) is 3.05. The lowest BCUT2D eigenvalue weighted by Crippen LogP contribution is -2.53. The van der Waals surface area contributed by atoms with Gasteiger partial charge in [-0.25, -0.2) is 8.70 Å². The lowest BCUT2D eigenvalue weighted by atomic mass is 10.1. The van der Waals surface area contributed by atoms with Crippen LogP contribution in [0.4, 0.5) is 10.1 Å². The number of nitrogens with zero attached hydrogens (tertiary/aromatic N) is 3. The standard InChI is InChI=1S/C22H28ClFN4O4S/c1-5-19(22(30)25-2)27(14-16-10-12-17(23)13-11-16)21(29)15-28(33(31,32)26(3)4)20-9-7-6-8-18(20)24/h6-13,19H,5,14-15H2,1-4H3,(H,25,30). The Morgan fingerprint density at radius 1 is 1.09 bits per heavy atom. The van der Waals surface area contributed by atoms with Crippen molar-refractivity contribution in [3.63, 3.8) is 0 Å². The molecular formula is C22H28ClFN4O4S. The number of rotatable bonds is 10. The average molecular weight is 499 g/mol. The summed E-state index contributed by atoms with van der Waals surface area (Å²) in [5.41, 5.74) is 0.432. The van der Waals surface area contributed by atoms with Gasteiger partial charge in [0.25, 0.3) is 0 Å². The van der Waals surface area contributed by atoms with E-state index in [1.807, 2.05) is 0 Å². The molecule has 2 aromatic rings. The van der Waals surface area contributed by atoms with E-state index >= 15 is 0 Å². The first kappa shape index (κ1) is 26.6. The maximum absolute atomic E-state index is 14.6. The number of hydrogen-bond acceptors (Lipinski definition) is 4. The van der Waals surface area contributed by atoms with E-state index < -0.39 is 40.4 Å². The summed E-state index contributed by atoms with van der Waals surface area (Å²) in [7, 11) is -0.182. The van der Waals surface area contributed by atoms with Crippen LogP contribution in [0.15, 0.2) is 48.5 Å². The number of benzene rings is 2. The Labute approximate surface area is 199 Å². The number of hydrogen-bond donors (Lipinski definition) is 1. The Morgan fingerprint density at radius 2 is 1.70 bits per heavy atom. The summed E-state index contributed by atoms with van der Waals surface area (Å²) >= 11 is 5.95. The molecule has 8 nitrogen and oxygen atoms in total.